The summed E-state index contributed by atoms with van der Waals surface area (Å²) in [6, 6.07) is 7.82. The Kier molecular flexibility index (Phi) is 7.25. The summed E-state index contributed by atoms with van der Waals surface area (Å²) in [5.74, 6) is 0.998. The molecule has 0 unspecified atom stereocenters. The second-order valence-electron chi connectivity index (χ2n) is 7.19. The van der Waals surface area contributed by atoms with Gasteiger partial charge in [-0.2, -0.15) is 0 Å². The molecule has 0 saturated carbocycles. The second kappa shape index (κ2) is 9.88. The van der Waals surface area contributed by atoms with Crippen LogP contribution < -0.4 is 0 Å². The van der Waals surface area contributed by atoms with Crippen LogP contribution in [0.4, 0.5) is 4.79 Å². The van der Waals surface area contributed by atoms with E-state index in [9.17, 15) is 13.8 Å². The van der Waals surface area contributed by atoms with E-state index in [-0.39, 0.29) is 23.5 Å². The predicted molar refractivity (Wildman–Crippen MR) is 113 cm³/mol. The Morgan fingerprint density at radius 2 is 1.87 bits per heavy atom. The van der Waals surface area contributed by atoms with Gasteiger partial charge in [0, 0.05) is 42.5 Å². The summed E-state index contributed by atoms with van der Waals surface area (Å²) in [5, 5.41) is 0. The molecule has 1 saturated heterocycles. The smallest absolute Gasteiger partial charge is 0.409 e. The third-order valence-corrected chi connectivity index (χ3v) is 6.06. The van der Waals surface area contributed by atoms with E-state index in [1.807, 2.05) is 31.2 Å². The summed E-state index contributed by atoms with van der Waals surface area (Å²) in [6.45, 7) is 7.52. The number of aromatic nitrogens is 1. The maximum atomic E-state index is 12.6. The monoisotopic (exact) mass is 433 g/mol. The standard InChI is InChI=1S/C21H27N3O5S/c1-4-28-21(26)24-10-8-23(9-11-24)19(25)14-30(27)13-18-16(3)29-20(22-18)17-7-5-6-15(2)12-17/h5-7,12H,4,8-11,13-14H2,1-3H3/t30-/m1/s1. The highest BCUT2D eigenvalue weighted by molar-refractivity contribution is 7.84. The van der Waals surface area contributed by atoms with Crippen LogP contribution >= 0.6 is 0 Å². The number of benzene rings is 1. The Balaban J connectivity index is 1.54. The van der Waals surface area contributed by atoms with Gasteiger partial charge < -0.3 is 19.0 Å². The minimum atomic E-state index is -1.40. The summed E-state index contributed by atoms with van der Waals surface area (Å²) in [5.41, 5.74) is 2.57. The SMILES string of the molecule is CCOC(=O)N1CCN(C(=O)C[S@](=O)Cc2nc(-c3cccc(C)c3)oc2C)CC1. The normalized spacial score (nSPS) is 15.2. The van der Waals surface area contributed by atoms with Crippen LogP contribution in [0, 0.1) is 13.8 Å². The lowest BCUT2D eigenvalue weighted by molar-refractivity contribution is -0.129. The van der Waals surface area contributed by atoms with E-state index in [1.54, 1.807) is 23.6 Å². The van der Waals surface area contributed by atoms with Gasteiger partial charge in [0.05, 0.1) is 18.1 Å². The maximum absolute atomic E-state index is 12.6. The van der Waals surface area contributed by atoms with Gasteiger partial charge in [0.15, 0.2) is 0 Å². The van der Waals surface area contributed by atoms with Gasteiger partial charge in [-0.1, -0.05) is 17.7 Å². The molecule has 0 N–H and O–H groups in total. The van der Waals surface area contributed by atoms with Crippen LogP contribution in [-0.2, 0) is 26.1 Å². The van der Waals surface area contributed by atoms with Crippen LogP contribution in [0.3, 0.4) is 0 Å². The van der Waals surface area contributed by atoms with Gasteiger partial charge in [-0.05, 0) is 32.9 Å². The lowest BCUT2D eigenvalue weighted by Crippen LogP contribution is -2.51. The Hall–Kier alpha value is -2.68. The molecule has 1 aromatic heterocycles. The first-order valence-electron chi connectivity index (χ1n) is 9.95. The highest BCUT2D eigenvalue weighted by Gasteiger charge is 2.26. The zero-order valence-corrected chi connectivity index (χ0v) is 18.4. The molecule has 2 heterocycles. The first-order chi connectivity index (χ1) is 14.4. The molecule has 0 bridgehead atoms. The summed E-state index contributed by atoms with van der Waals surface area (Å²) in [7, 11) is -1.40. The molecule has 1 aromatic carbocycles. The van der Waals surface area contributed by atoms with E-state index in [4.69, 9.17) is 9.15 Å². The largest absolute Gasteiger partial charge is 0.450 e. The summed E-state index contributed by atoms with van der Waals surface area (Å²) < 4.78 is 23.3. The first-order valence-corrected chi connectivity index (χ1v) is 11.4. The molecule has 8 nitrogen and oxygen atoms in total. The fourth-order valence-corrected chi connectivity index (χ4v) is 4.38. The first kappa shape index (κ1) is 22.0. The number of amides is 2. The zero-order valence-electron chi connectivity index (χ0n) is 17.6. The van der Waals surface area contributed by atoms with Crippen molar-refractivity contribution in [3.8, 4) is 11.5 Å². The number of rotatable bonds is 6. The van der Waals surface area contributed by atoms with Gasteiger partial charge in [-0.15, -0.1) is 0 Å². The van der Waals surface area contributed by atoms with Gasteiger partial charge in [-0.3, -0.25) is 9.00 Å². The molecule has 1 fully saturated rings. The molecule has 0 aliphatic carbocycles. The average molecular weight is 434 g/mol. The number of aryl methyl sites for hydroxylation is 2. The number of piperazine rings is 1. The van der Waals surface area contributed by atoms with Gasteiger partial charge >= 0.3 is 6.09 Å². The molecule has 162 valence electrons. The lowest BCUT2D eigenvalue weighted by atomic mass is 10.1. The molecule has 1 aliphatic heterocycles. The molecular weight excluding hydrogens is 406 g/mol. The van der Waals surface area contributed by atoms with Crippen molar-refractivity contribution >= 4 is 22.8 Å². The molecule has 1 atom stereocenters. The molecule has 2 amide bonds. The van der Waals surface area contributed by atoms with Crippen LogP contribution in [0.15, 0.2) is 28.7 Å². The second-order valence-corrected chi connectivity index (χ2v) is 8.64. The van der Waals surface area contributed by atoms with Crippen molar-refractivity contribution in [2.45, 2.75) is 26.5 Å². The number of ether oxygens (including phenoxy) is 1. The van der Waals surface area contributed by atoms with Crippen molar-refractivity contribution in [2.75, 3.05) is 38.5 Å². The predicted octanol–water partition coefficient (Wildman–Crippen LogP) is 2.51. The zero-order chi connectivity index (χ0) is 21.7. The molecular formula is C21H27N3O5S. The molecule has 3 rings (SSSR count). The van der Waals surface area contributed by atoms with E-state index in [0.29, 0.717) is 50.1 Å². The summed E-state index contributed by atoms with van der Waals surface area (Å²) >= 11 is 0. The average Bonchev–Trinajstić information content (AvgIpc) is 3.08. The molecule has 2 aromatic rings. The number of nitrogens with zero attached hydrogens (tertiary/aromatic N) is 3. The van der Waals surface area contributed by atoms with E-state index in [1.165, 1.54) is 0 Å². The number of carbonyl (C=O) groups excluding carboxylic acids is 2. The van der Waals surface area contributed by atoms with Gasteiger partial charge in [-0.25, -0.2) is 9.78 Å². The van der Waals surface area contributed by atoms with E-state index in [2.05, 4.69) is 4.98 Å². The van der Waals surface area contributed by atoms with Crippen molar-refractivity contribution in [1.29, 1.82) is 0 Å². The fraction of sp³-hybridized carbons (Fsp3) is 0.476. The minimum absolute atomic E-state index is 0.0779. The summed E-state index contributed by atoms with van der Waals surface area (Å²) in [4.78, 5) is 32.0. The maximum Gasteiger partial charge on any atom is 0.409 e. The van der Waals surface area contributed by atoms with Gasteiger partial charge in [0.1, 0.15) is 11.5 Å². The third-order valence-electron chi connectivity index (χ3n) is 4.90. The Labute approximate surface area is 178 Å². The van der Waals surface area contributed by atoms with Gasteiger partial charge in [0.2, 0.25) is 11.8 Å². The molecule has 0 radical (unpaired) electrons. The summed E-state index contributed by atoms with van der Waals surface area (Å²) in [6.07, 6.45) is -0.362. The van der Waals surface area contributed by atoms with E-state index < -0.39 is 10.8 Å². The Bertz CT molecular complexity index is 934. The van der Waals surface area contributed by atoms with Gasteiger partial charge in [0.25, 0.3) is 0 Å². The molecule has 0 spiro atoms. The van der Waals surface area contributed by atoms with Crippen molar-refractivity contribution < 1.29 is 23.0 Å². The van der Waals surface area contributed by atoms with Crippen molar-refractivity contribution in [3.63, 3.8) is 0 Å². The van der Waals surface area contributed by atoms with Crippen LogP contribution in [0.5, 0.6) is 0 Å². The van der Waals surface area contributed by atoms with Crippen molar-refractivity contribution in [2.24, 2.45) is 0 Å². The molecule has 30 heavy (non-hydrogen) atoms. The fourth-order valence-electron chi connectivity index (χ4n) is 3.25. The lowest BCUT2D eigenvalue weighted by Gasteiger charge is -2.34. The van der Waals surface area contributed by atoms with E-state index >= 15 is 0 Å². The quantitative estimate of drug-likeness (QED) is 0.695. The van der Waals surface area contributed by atoms with E-state index in [0.717, 1.165) is 11.1 Å². The number of carbonyl (C=O) groups is 2. The van der Waals surface area contributed by atoms with Crippen LogP contribution in [0.1, 0.15) is 23.9 Å². The molecule has 9 heteroatoms. The number of oxazole rings is 1. The third kappa shape index (κ3) is 5.47. The van der Waals surface area contributed by atoms with Crippen LogP contribution in [0.2, 0.25) is 0 Å². The number of hydrogen-bond acceptors (Lipinski definition) is 6. The highest BCUT2D eigenvalue weighted by atomic mass is 32.2. The highest BCUT2D eigenvalue weighted by Crippen LogP contribution is 2.23. The topological polar surface area (TPSA) is 93.0 Å². The van der Waals surface area contributed by atoms with Crippen LogP contribution in [-0.4, -0.2) is 69.5 Å². The van der Waals surface area contributed by atoms with Crippen molar-refractivity contribution in [1.82, 2.24) is 14.8 Å². The van der Waals surface area contributed by atoms with Crippen LogP contribution in [0.25, 0.3) is 11.5 Å². The van der Waals surface area contributed by atoms with Crippen molar-refractivity contribution in [3.05, 3.63) is 41.3 Å². The molecule has 1 aliphatic rings. The number of hydrogen-bond donors (Lipinski definition) is 0. The Morgan fingerprint density at radius 1 is 1.17 bits per heavy atom. The Morgan fingerprint density at radius 3 is 2.53 bits per heavy atom. The minimum Gasteiger partial charge on any atom is -0.450 e.